The van der Waals surface area contributed by atoms with Gasteiger partial charge in [0.05, 0.1) is 23.5 Å². The Morgan fingerprint density at radius 2 is 1.86 bits per heavy atom. The quantitative estimate of drug-likeness (QED) is 0.905. The maximum absolute atomic E-state index is 12.1. The molecule has 0 unspecified atom stereocenters. The number of benzene rings is 1. The van der Waals surface area contributed by atoms with Crippen molar-refractivity contribution < 1.29 is 13.2 Å². The summed E-state index contributed by atoms with van der Waals surface area (Å²) < 4.78 is 24.7. The van der Waals surface area contributed by atoms with E-state index < -0.39 is 21.5 Å². The van der Waals surface area contributed by atoms with Crippen LogP contribution in [0.25, 0.3) is 0 Å². The van der Waals surface area contributed by atoms with Crippen molar-refractivity contribution in [2.75, 3.05) is 18.1 Å². The van der Waals surface area contributed by atoms with Crippen molar-refractivity contribution in [3.05, 3.63) is 28.2 Å². The van der Waals surface area contributed by atoms with Gasteiger partial charge in [0.25, 0.3) is 0 Å². The topological polar surface area (TPSA) is 66.5 Å². The summed E-state index contributed by atoms with van der Waals surface area (Å²) >= 11 is 11.8. The van der Waals surface area contributed by atoms with Crippen LogP contribution in [-0.4, -0.2) is 37.0 Å². The standard InChI is InChI=1S/C13H18Cl2N2O3S/c1-13(2,3)17(21(4,19)20)8-12(18)16-11-7-9(14)5-6-10(11)15/h5-7H,8H2,1-4H3,(H,16,18). The molecular weight excluding hydrogens is 335 g/mol. The van der Waals surface area contributed by atoms with E-state index in [1.54, 1.807) is 32.9 Å². The Morgan fingerprint density at radius 3 is 2.33 bits per heavy atom. The third kappa shape index (κ3) is 5.47. The minimum Gasteiger partial charge on any atom is -0.324 e. The van der Waals surface area contributed by atoms with Crippen molar-refractivity contribution in [2.24, 2.45) is 0 Å². The lowest BCUT2D eigenvalue weighted by Gasteiger charge is -2.32. The van der Waals surface area contributed by atoms with Gasteiger partial charge in [-0.05, 0) is 39.0 Å². The lowest BCUT2D eigenvalue weighted by Crippen LogP contribution is -2.48. The summed E-state index contributed by atoms with van der Waals surface area (Å²) in [6, 6.07) is 4.65. The Labute approximate surface area is 135 Å². The van der Waals surface area contributed by atoms with Crippen molar-refractivity contribution in [3.8, 4) is 0 Å². The Bertz CT molecular complexity index is 639. The number of hydrogen-bond donors (Lipinski definition) is 1. The lowest BCUT2D eigenvalue weighted by atomic mass is 10.1. The number of anilines is 1. The third-order valence-corrected chi connectivity index (χ3v) is 4.68. The first kappa shape index (κ1) is 18.2. The number of sulfonamides is 1. The number of nitrogens with one attached hydrogen (secondary N) is 1. The zero-order valence-corrected chi connectivity index (χ0v) is 14.6. The van der Waals surface area contributed by atoms with Crippen LogP contribution in [0.1, 0.15) is 20.8 Å². The second-order valence-corrected chi connectivity index (χ2v) is 8.36. The van der Waals surface area contributed by atoms with Gasteiger partial charge in [0, 0.05) is 10.6 Å². The number of hydrogen-bond acceptors (Lipinski definition) is 3. The minimum absolute atomic E-state index is 0.300. The SMILES string of the molecule is CC(C)(C)N(CC(=O)Nc1cc(Cl)ccc1Cl)S(C)(=O)=O. The summed E-state index contributed by atoms with van der Waals surface area (Å²) in [6.45, 7) is 4.85. The molecule has 1 aromatic rings. The predicted octanol–water partition coefficient (Wildman–Crippen LogP) is 2.99. The average Bonchev–Trinajstić information content (AvgIpc) is 2.28. The fourth-order valence-corrected chi connectivity index (χ4v) is 3.45. The van der Waals surface area contributed by atoms with Crippen LogP contribution in [0.5, 0.6) is 0 Å². The summed E-state index contributed by atoms with van der Waals surface area (Å²) in [5.41, 5.74) is -0.361. The summed E-state index contributed by atoms with van der Waals surface area (Å²) in [4.78, 5) is 12.1. The number of rotatable bonds is 4. The van der Waals surface area contributed by atoms with E-state index in [1.807, 2.05) is 0 Å². The summed E-state index contributed by atoms with van der Waals surface area (Å²) in [7, 11) is -3.51. The van der Waals surface area contributed by atoms with E-state index in [2.05, 4.69) is 5.32 Å². The number of nitrogens with zero attached hydrogens (tertiary/aromatic N) is 1. The van der Waals surface area contributed by atoms with Gasteiger partial charge in [-0.25, -0.2) is 8.42 Å². The summed E-state index contributed by atoms with van der Waals surface area (Å²) in [6.07, 6.45) is 1.07. The zero-order chi connectivity index (χ0) is 16.4. The van der Waals surface area contributed by atoms with E-state index >= 15 is 0 Å². The van der Waals surface area contributed by atoms with Crippen LogP contribution >= 0.6 is 23.2 Å². The van der Waals surface area contributed by atoms with Crippen molar-refractivity contribution in [1.82, 2.24) is 4.31 Å². The smallest absolute Gasteiger partial charge is 0.239 e. The van der Waals surface area contributed by atoms with Crippen molar-refractivity contribution in [3.63, 3.8) is 0 Å². The molecule has 0 saturated carbocycles. The molecule has 0 aliphatic rings. The van der Waals surface area contributed by atoms with Crippen molar-refractivity contribution >= 4 is 44.8 Å². The largest absolute Gasteiger partial charge is 0.324 e. The first-order chi connectivity index (χ1) is 9.41. The van der Waals surface area contributed by atoms with Crippen LogP contribution < -0.4 is 5.32 Å². The number of halogens is 2. The fraction of sp³-hybridized carbons (Fsp3) is 0.462. The van der Waals surface area contributed by atoms with E-state index in [9.17, 15) is 13.2 Å². The molecule has 0 fully saturated rings. The van der Waals surface area contributed by atoms with Crippen LogP contribution in [0.4, 0.5) is 5.69 Å². The molecule has 8 heteroatoms. The van der Waals surface area contributed by atoms with Gasteiger partial charge in [0.1, 0.15) is 0 Å². The van der Waals surface area contributed by atoms with E-state index in [1.165, 1.54) is 6.07 Å². The van der Waals surface area contributed by atoms with Gasteiger partial charge in [0.15, 0.2) is 0 Å². The van der Waals surface area contributed by atoms with Gasteiger partial charge in [-0.15, -0.1) is 0 Å². The predicted molar refractivity (Wildman–Crippen MR) is 86.4 cm³/mol. The molecule has 5 nitrogen and oxygen atoms in total. The summed E-state index contributed by atoms with van der Waals surface area (Å²) in [5.74, 6) is -0.487. The average molecular weight is 353 g/mol. The Hall–Kier alpha value is -0.820. The molecule has 1 aromatic carbocycles. The highest BCUT2D eigenvalue weighted by atomic mass is 35.5. The Kier molecular flexibility index (Phi) is 5.66. The highest BCUT2D eigenvalue weighted by molar-refractivity contribution is 7.88. The van der Waals surface area contributed by atoms with E-state index in [4.69, 9.17) is 23.2 Å². The number of amides is 1. The van der Waals surface area contributed by atoms with Crippen LogP contribution in [0.2, 0.25) is 10.0 Å². The number of carbonyl (C=O) groups excluding carboxylic acids is 1. The van der Waals surface area contributed by atoms with Gasteiger partial charge in [-0.2, -0.15) is 4.31 Å². The molecule has 1 rings (SSSR count). The normalized spacial score (nSPS) is 12.5. The third-order valence-electron chi connectivity index (χ3n) is 2.64. The second-order valence-electron chi connectivity index (χ2n) is 5.61. The van der Waals surface area contributed by atoms with E-state index in [-0.39, 0.29) is 6.54 Å². The van der Waals surface area contributed by atoms with Gasteiger partial charge < -0.3 is 5.32 Å². The molecular formula is C13H18Cl2N2O3S. The van der Waals surface area contributed by atoms with Crippen LogP contribution in [-0.2, 0) is 14.8 Å². The molecule has 0 aromatic heterocycles. The molecule has 0 radical (unpaired) electrons. The summed E-state index contributed by atoms with van der Waals surface area (Å²) in [5, 5.41) is 3.31. The van der Waals surface area contributed by atoms with Crippen LogP contribution in [0, 0.1) is 0 Å². The Morgan fingerprint density at radius 1 is 1.29 bits per heavy atom. The highest BCUT2D eigenvalue weighted by Crippen LogP contribution is 2.25. The molecule has 0 atom stereocenters. The van der Waals surface area contributed by atoms with Gasteiger partial charge in [-0.3, -0.25) is 4.79 Å². The molecule has 0 aliphatic heterocycles. The molecule has 1 N–H and O–H groups in total. The Balaban J connectivity index is 2.92. The van der Waals surface area contributed by atoms with Gasteiger partial charge >= 0.3 is 0 Å². The maximum atomic E-state index is 12.1. The molecule has 21 heavy (non-hydrogen) atoms. The molecule has 0 aliphatic carbocycles. The van der Waals surface area contributed by atoms with Crippen molar-refractivity contribution in [1.29, 1.82) is 0 Å². The second kappa shape index (κ2) is 6.52. The first-order valence-corrected chi connectivity index (χ1v) is 8.74. The van der Waals surface area contributed by atoms with Crippen molar-refractivity contribution in [2.45, 2.75) is 26.3 Å². The maximum Gasteiger partial charge on any atom is 0.239 e. The van der Waals surface area contributed by atoms with Gasteiger partial charge in [-0.1, -0.05) is 23.2 Å². The van der Waals surface area contributed by atoms with Crippen LogP contribution in [0.3, 0.4) is 0 Å². The van der Waals surface area contributed by atoms with E-state index in [0.717, 1.165) is 10.6 Å². The molecule has 1 amide bonds. The molecule has 118 valence electrons. The first-order valence-electron chi connectivity index (χ1n) is 6.14. The highest BCUT2D eigenvalue weighted by Gasteiger charge is 2.31. The van der Waals surface area contributed by atoms with E-state index in [0.29, 0.717) is 15.7 Å². The number of carbonyl (C=O) groups is 1. The van der Waals surface area contributed by atoms with Crippen LogP contribution in [0.15, 0.2) is 18.2 Å². The zero-order valence-electron chi connectivity index (χ0n) is 12.3. The minimum atomic E-state index is -3.51. The molecule has 0 bridgehead atoms. The van der Waals surface area contributed by atoms with Gasteiger partial charge in [0.2, 0.25) is 15.9 Å². The lowest BCUT2D eigenvalue weighted by molar-refractivity contribution is -0.117. The molecule has 0 spiro atoms. The monoisotopic (exact) mass is 352 g/mol. The fourth-order valence-electron chi connectivity index (χ4n) is 1.77. The molecule has 0 saturated heterocycles. The molecule has 0 heterocycles.